The van der Waals surface area contributed by atoms with Crippen molar-refractivity contribution in [3.63, 3.8) is 0 Å². The van der Waals surface area contributed by atoms with Gasteiger partial charge in [-0.3, -0.25) is 9.89 Å². The molecule has 22 heavy (non-hydrogen) atoms. The van der Waals surface area contributed by atoms with E-state index in [1.54, 1.807) is 0 Å². The zero-order valence-electron chi connectivity index (χ0n) is 12.7. The van der Waals surface area contributed by atoms with Gasteiger partial charge < -0.3 is 0 Å². The van der Waals surface area contributed by atoms with Crippen LogP contribution >= 0.6 is 11.6 Å². The zero-order chi connectivity index (χ0) is 15.6. The fourth-order valence-corrected chi connectivity index (χ4v) is 4.85. The molecule has 4 heteroatoms. The Hall–Kier alpha value is -1.87. The van der Waals surface area contributed by atoms with E-state index in [0.717, 1.165) is 45.2 Å². The van der Waals surface area contributed by atoms with Gasteiger partial charge in [0, 0.05) is 17.2 Å². The van der Waals surface area contributed by atoms with Crippen molar-refractivity contribution in [2.75, 3.05) is 0 Å². The normalized spacial score (nSPS) is 27.2. The molecule has 0 amide bonds. The van der Waals surface area contributed by atoms with E-state index in [0.29, 0.717) is 6.42 Å². The summed E-state index contributed by atoms with van der Waals surface area (Å²) in [7, 11) is 0. The molecule has 0 saturated carbocycles. The quantitative estimate of drug-likeness (QED) is 0.620. The van der Waals surface area contributed by atoms with Crippen LogP contribution in [0.25, 0.3) is 16.5 Å². The predicted molar refractivity (Wildman–Crippen MR) is 88.8 cm³/mol. The van der Waals surface area contributed by atoms with Gasteiger partial charge in [-0.05, 0) is 48.6 Å². The zero-order valence-corrected chi connectivity index (χ0v) is 13.4. The van der Waals surface area contributed by atoms with Crippen LogP contribution in [0, 0.1) is 5.41 Å². The number of fused-ring (bicyclic) bond motifs is 5. The van der Waals surface area contributed by atoms with Crippen LogP contribution in [-0.2, 0) is 4.79 Å². The molecule has 2 aromatic rings. The van der Waals surface area contributed by atoms with Crippen molar-refractivity contribution in [3.8, 4) is 0 Å². The highest BCUT2D eigenvalue weighted by Crippen LogP contribution is 2.65. The molecule has 112 valence electrons. The van der Waals surface area contributed by atoms with Crippen LogP contribution in [0.1, 0.15) is 43.2 Å². The number of hydrogen-bond acceptors (Lipinski definition) is 2. The predicted octanol–water partition coefficient (Wildman–Crippen LogP) is 4.56. The van der Waals surface area contributed by atoms with E-state index in [4.69, 9.17) is 11.6 Å². The largest absolute Gasteiger partial charge is 0.295 e. The van der Waals surface area contributed by atoms with Crippen molar-refractivity contribution in [2.45, 2.75) is 32.1 Å². The molecule has 0 bridgehead atoms. The Morgan fingerprint density at radius 1 is 1.50 bits per heavy atom. The summed E-state index contributed by atoms with van der Waals surface area (Å²) in [5.74, 6) is 0.218. The monoisotopic (exact) mass is 312 g/mol. The fourth-order valence-electron chi connectivity index (χ4n) is 4.21. The minimum Gasteiger partial charge on any atom is -0.295 e. The number of benzene rings is 1. The van der Waals surface area contributed by atoms with Crippen molar-refractivity contribution in [1.29, 1.82) is 0 Å². The molecule has 0 saturated heterocycles. The fraction of sp³-hybridized carbons (Fsp3) is 0.333. The number of H-pyrrole nitrogens is 1. The number of nitrogens with zero attached hydrogens (tertiary/aromatic N) is 1. The summed E-state index contributed by atoms with van der Waals surface area (Å²) in [4.78, 5) is 12.3. The molecule has 4 rings (SSSR count). The Morgan fingerprint density at radius 2 is 2.27 bits per heavy atom. The molecular weight excluding hydrogens is 296 g/mol. The van der Waals surface area contributed by atoms with Gasteiger partial charge in [0.25, 0.3) is 0 Å². The number of alkyl halides is 1. The van der Waals surface area contributed by atoms with Gasteiger partial charge >= 0.3 is 0 Å². The number of allylic oxidation sites excluding steroid dienone is 3. The first-order chi connectivity index (χ1) is 10.5. The van der Waals surface area contributed by atoms with Crippen molar-refractivity contribution in [1.82, 2.24) is 10.2 Å². The number of rotatable bonds is 1. The summed E-state index contributed by atoms with van der Waals surface area (Å²) in [6, 6.07) is 4.08. The van der Waals surface area contributed by atoms with Crippen molar-refractivity contribution in [2.24, 2.45) is 5.41 Å². The van der Waals surface area contributed by atoms with Gasteiger partial charge in [0.05, 0.1) is 17.1 Å². The second kappa shape index (κ2) is 4.32. The van der Waals surface area contributed by atoms with Crippen LogP contribution in [-0.4, -0.2) is 16.0 Å². The number of ketones is 1. The summed E-state index contributed by atoms with van der Waals surface area (Å²) >= 11 is 6.97. The average molecular weight is 313 g/mol. The first kappa shape index (κ1) is 13.8. The van der Waals surface area contributed by atoms with E-state index in [9.17, 15) is 4.79 Å². The van der Waals surface area contributed by atoms with Crippen LogP contribution in [0.2, 0.25) is 0 Å². The number of hydrogen-bond donors (Lipinski definition) is 1. The standard InChI is InChI=1S/C18H17ClN2O/c1-9(2)18-7-6-14(22)10(3)16(18)11-4-5-13-12(8-20-21-13)15(11)17(18)19/h4-5,8,17H,1,6-7H2,2-3H3,(H,20,21)/t17-,18-/m0/s1. The number of halogens is 1. The summed E-state index contributed by atoms with van der Waals surface area (Å²) in [6.45, 7) is 8.17. The number of carbonyl (C=O) groups is 1. The highest BCUT2D eigenvalue weighted by molar-refractivity contribution is 6.26. The number of Topliss-reactive ketones (excluding diaryl/α,β-unsaturated/α-hetero) is 1. The molecule has 0 spiro atoms. The molecule has 1 aromatic heterocycles. The molecule has 3 nitrogen and oxygen atoms in total. The third-order valence-corrected chi connectivity index (χ3v) is 5.96. The number of nitrogens with one attached hydrogen (secondary N) is 1. The lowest BCUT2D eigenvalue weighted by Gasteiger charge is -2.39. The smallest absolute Gasteiger partial charge is 0.158 e. The van der Waals surface area contributed by atoms with E-state index in [1.165, 1.54) is 0 Å². The summed E-state index contributed by atoms with van der Waals surface area (Å²) in [6.07, 6.45) is 3.09. The Bertz CT molecular complexity index is 876. The molecule has 1 aromatic carbocycles. The molecular formula is C18H17ClN2O. The number of aromatic amines is 1. The SMILES string of the molecule is C=C(C)[C@@]12CCC(=O)C(C)=C1c1ccc3[nH]ncc3c1[C@@H]2Cl. The summed E-state index contributed by atoms with van der Waals surface area (Å²) in [5.41, 5.74) is 5.75. The molecule has 0 aliphatic heterocycles. The highest BCUT2D eigenvalue weighted by atomic mass is 35.5. The number of aromatic nitrogens is 2. The lowest BCUT2D eigenvalue weighted by molar-refractivity contribution is -0.116. The molecule has 2 atom stereocenters. The third-order valence-electron chi connectivity index (χ3n) is 5.37. The maximum absolute atomic E-state index is 12.3. The average Bonchev–Trinajstić information content (AvgIpc) is 3.05. The van der Waals surface area contributed by atoms with Gasteiger partial charge in [-0.25, -0.2) is 0 Å². The second-order valence-electron chi connectivity index (χ2n) is 6.40. The Kier molecular flexibility index (Phi) is 2.71. The highest BCUT2D eigenvalue weighted by Gasteiger charge is 2.53. The molecule has 1 heterocycles. The van der Waals surface area contributed by atoms with E-state index in [-0.39, 0.29) is 16.6 Å². The van der Waals surface area contributed by atoms with Gasteiger partial charge in [-0.2, -0.15) is 5.10 Å². The minimum atomic E-state index is -0.340. The lowest BCUT2D eigenvalue weighted by Crippen LogP contribution is -2.30. The first-order valence-electron chi connectivity index (χ1n) is 7.49. The molecule has 1 N–H and O–H groups in total. The van der Waals surface area contributed by atoms with E-state index < -0.39 is 0 Å². The van der Waals surface area contributed by atoms with Crippen molar-refractivity contribution < 1.29 is 4.79 Å². The van der Waals surface area contributed by atoms with Crippen LogP contribution in [0.15, 0.2) is 36.1 Å². The Balaban J connectivity index is 2.15. The van der Waals surface area contributed by atoms with E-state index in [1.807, 2.05) is 26.1 Å². The van der Waals surface area contributed by atoms with E-state index in [2.05, 4.69) is 22.8 Å². The van der Waals surface area contributed by atoms with Crippen molar-refractivity contribution in [3.05, 3.63) is 47.2 Å². The first-order valence-corrected chi connectivity index (χ1v) is 7.93. The number of carbonyl (C=O) groups excluding carboxylic acids is 1. The van der Waals surface area contributed by atoms with Crippen LogP contribution in [0.5, 0.6) is 0 Å². The van der Waals surface area contributed by atoms with Crippen LogP contribution in [0.4, 0.5) is 0 Å². The van der Waals surface area contributed by atoms with Gasteiger partial charge in [0.15, 0.2) is 5.78 Å². The van der Waals surface area contributed by atoms with Crippen LogP contribution in [0.3, 0.4) is 0 Å². The molecule has 0 radical (unpaired) electrons. The van der Waals surface area contributed by atoms with E-state index >= 15 is 0 Å². The molecule has 2 aliphatic rings. The summed E-state index contributed by atoms with van der Waals surface area (Å²) in [5, 5.41) is 7.97. The molecule has 2 aliphatic carbocycles. The van der Waals surface area contributed by atoms with Crippen LogP contribution < -0.4 is 0 Å². The Morgan fingerprint density at radius 3 is 3.00 bits per heavy atom. The lowest BCUT2D eigenvalue weighted by atomic mass is 9.66. The maximum atomic E-state index is 12.3. The summed E-state index contributed by atoms with van der Waals surface area (Å²) < 4.78 is 0. The second-order valence-corrected chi connectivity index (χ2v) is 6.83. The van der Waals surface area contributed by atoms with Gasteiger partial charge in [-0.15, -0.1) is 11.6 Å². The van der Waals surface area contributed by atoms with Gasteiger partial charge in [0.2, 0.25) is 0 Å². The van der Waals surface area contributed by atoms with Gasteiger partial charge in [-0.1, -0.05) is 18.2 Å². The maximum Gasteiger partial charge on any atom is 0.158 e. The third kappa shape index (κ3) is 1.42. The Labute approximate surface area is 134 Å². The minimum absolute atomic E-state index is 0.209. The van der Waals surface area contributed by atoms with Gasteiger partial charge in [0.1, 0.15) is 0 Å². The van der Waals surface area contributed by atoms with Crippen molar-refractivity contribution >= 4 is 33.9 Å². The topological polar surface area (TPSA) is 45.8 Å². The molecule has 0 unspecified atom stereocenters. The molecule has 0 fully saturated rings.